The lowest BCUT2D eigenvalue weighted by atomic mass is 9.76. The first kappa shape index (κ1) is 20.6. The first-order chi connectivity index (χ1) is 12.5. The highest BCUT2D eigenvalue weighted by molar-refractivity contribution is 5.39. The van der Waals surface area contributed by atoms with Crippen LogP contribution in [0.3, 0.4) is 0 Å². The van der Waals surface area contributed by atoms with E-state index in [1.165, 1.54) is 56.1 Å². The number of hydrogen-bond donors (Lipinski definition) is 1. The normalized spacial score (nSPS) is 11.7. The molecule has 1 heteroatoms. The minimum atomic E-state index is 0.0105. The van der Waals surface area contributed by atoms with Crippen LogP contribution in [0.1, 0.15) is 82.4 Å². The summed E-state index contributed by atoms with van der Waals surface area (Å²) in [6.07, 6.45) is 11.5. The molecule has 2 rings (SSSR count). The monoisotopic (exact) mass is 352 g/mol. The lowest BCUT2D eigenvalue weighted by Gasteiger charge is -2.28. The summed E-state index contributed by atoms with van der Waals surface area (Å²) in [7, 11) is 0. The third-order valence-corrected chi connectivity index (χ3v) is 5.42. The van der Waals surface area contributed by atoms with Crippen LogP contribution in [0.4, 0.5) is 0 Å². The summed E-state index contributed by atoms with van der Waals surface area (Å²) in [5.74, 6) is 0.408. The second kappa shape index (κ2) is 10.4. The maximum Gasteiger partial charge on any atom is 0.118 e. The predicted octanol–water partition coefficient (Wildman–Crippen LogP) is 7.21. The Bertz CT molecular complexity index is 657. The molecular weight excluding hydrogens is 316 g/mol. The highest BCUT2D eigenvalue weighted by Crippen LogP contribution is 2.33. The standard InChI is InChI=1S/C25H36O/c1-4-5-6-7-8-9-10-15-21-16-11-13-18-23(21)25(2,3)20-22-17-12-14-19-24(22)26/h11-14,16-19,26H,4-10,15,20H2,1-3H3. The molecule has 0 bridgehead atoms. The van der Waals surface area contributed by atoms with Crippen molar-refractivity contribution in [3.63, 3.8) is 0 Å². The van der Waals surface area contributed by atoms with Crippen LogP contribution in [-0.2, 0) is 18.3 Å². The lowest BCUT2D eigenvalue weighted by molar-refractivity contribution is 0.449. The maximum absolute atomic E-state index is 10.2. The molecule has 0 radical (unpaired) electrons. The van der Waals surface area contributed by atoms with Crippen LogP contribution in [0.2, 0.25) is 0 Å². The fourth-order valence-corrected chi connectivity index (χ4v) is 3.90. The number of phenolic OH excluding ortho intramolecular Hbond substituents is 1. The van der Waals surface area contributed by atoms with Gasteiger partial charge < -0.3 is 5.11 Å². The molecule has 0 fully saturated rings. The van der Waals surface area contributed by atoms with E-state index in [2.05, 4.69) is 45.0 Å². The van der Waals surface area contributed by atoms with Crippen molar-refractivity contribution in [2.24, 2.45) is 0 Å². The minimum Gasteiger partial charge on any atom is -0.508 e. The second-order valence-electron chi connectivity index (χ2n) is 8.22. The fraction of sp³-hybridized carbons (Fsp3) is 0.520. The van der Waals surface area contributed by atoms with Crippen molar-refractivity contribution < 1.29 is 5.11 Å². The molecule has 142 valence electrons. The van der Waals surface area contributed by atoms with E-state index in [1.807, 2.05) is 18.2 Å². The Morgan fingerprint density at radius 1 is 0.731 bits per heavy atom. The van der Waals surface area contributed by atoms with E-state index in [9.17, 15) is 5.11 Å². The first-order valence-corrected chi connectivity index (χ1v) is 10.4. The third-order valence-electron chi connectivity index (χ3n) is 5.42. The zero-order valence-electron chi connectivity index (χ0n) is 16.9. The van der Waals surface area contributed by atoms with Gasteiger partial charge in [0.1, 0.15) is 5.75 Å². The van der Waals surface area contributed by atoms with Gasteiger partial charge in [-0.15, -0.1) is 0 Å². The number of aryl methyl sites for hydroxylation is 1. The van der Waals surface area contributed by atoms with Crippen LogP contribution < -0.4 is 0 Å². The van der Waals surface area contributed by atoms with E-state index < -0.39 is 0 Å². The summed E-state index contributed by atoms with van der Waals surface area (Å²) in [5.41, 5.74) is 3.94. The van der Waals surface area contributed by atoms with Gasteiger partial charge in [0.25, 0.3) is 0 Å². The van der Waals surface area contributed by atoms with E-state index in [-0.39, 0.29) is 5.41 Å². The molecule has 1 N–H and O–H groups in total. The molecule has 0 aliphatic rings. The molecule has 0 saturated heterocycles. The van der Waals surface area contributed by atoms with Crippen LogP contribution in [0.5, 0.6) is 5.75 Å². The Hall–Kier alpha value is -1.76. The summed E-state index contributed by atoms with van der Waals surface area (Å²) in [5, 5.41) is 10.2. The van der Waals surface area contributed by atoms with Crippen molar-refractivity contribution in [2.45, 2.75) is 84.0 Å². The van der Waals surface area contributed by atoms with E-state index in [0.29, 0.717) is 5.75 Å². The van der Waals surface area contributed by atoms with E-state index >= 15 is 0 Å². The number of unbranched alkanes of at least 4 members (excludes halogenated alkanes) is 6. The molecule has 0 amide bonds. The van der Waals surface area contributed by atoms with Gasteiger partial charge in [-0.2, -0.15) is 0 Å². The highest BCUT2D eigenvalue weighted by atomic mass is 16.3. The van der Waals surface area contributed by atoms with Crippen LogP contribution >= 0.6 is 0 Å². The minimum absolute atomic E-state index is 0.0105. The van der Waals surface area contributed by atoms with Crippen LogP contribution in [0.25, 0.3) is 0 Å². The highest BCUT2D eigenvalue weighted by Gasteiger charge is 2.24. The number of phenols is 1. The number of benzene rings is 2. The van der Waals surface area contributed by atoms with Gasteiger partial charge >= 0.3 is 0 Å². The third kappa shape index (κ3) is 6.20. The fourth-order valence-electron chi connectivity index (χ4n) is 3.90. The zero-order chi connectivity index (χ0) is 18.8. The molecule has 0 saturated carbocycles. The van der Waals surface area contributed by atoms with Crippen molar-refractivity contribution in [2.75, 3.05) is 0 Å². The van der Waals surface area contributed by atoms with Gasteiger partial charge in [-0.1, -0.05) is 102 Å². The number of aromatic hydroxyl groups is 1. The molecule has 0 spiro atoms. The van der Waals surface area contributed by atoms with E-state index in [1.54, 1.807) is 6.07 Å². The Balaban J connectivity index is 1.97. The van der Waals surface area contributed by atoms with Gasteiger partial charge in [-0.25, -0.2) is 0 Å². The Morgan fingerprint density at radius 2 is 1.31 bits per heavy atom. The molecule has 0 heterocycles. The molecule has 1 nitrogen and oxygen atoms in total. The van der Waals surface area contributed by atoms with Crippen molar-refractivity contribution in [1.82, 2.24) is 0 Å². The molecule has 2 aromatic carbocycles. The van der Waals surface area contributed by atoms with Crippen LogP contribution in [0.15, 0.2) is 48.5 Å². The average Bonchev–Trinajstić information content (AvgIpc) is 2.63. The topological polar surface area (TPSA) is 20.2 Å². The first-order valence-electron chi connectivity index (χ1n) is 10.4. The van der Waals surface area contributed by atoms with Crippen molar-refractivity contribution in [3.8, 4) is 5.75 Å². The number of hydrogen-bond acceptors (Lipinski definition) is 1. The van der Waals surface area contributed by atoms with Gasteiger partial charge in [0.15, 0.2) is 0 Å². The quantitative estimate of drug-likeness (QED) is 0.424. The Labute approximate surface area is 160 Å². The molecule has 0 atom stereocenters. The van der Waals surface area contributed by atoms with Crippen LogP contribution in [0, 0.1) is 0 Å². The van der Waals surface area contributed by atoms with Crippen LogP contribution in [-0.4, -0.2) is 5.11 Å². The Kier molecular flexibility index (Phi) is 8.22. The Morgan fingerprint density at radius 3 is 2.00 bits per heavy atom. The van der Waals surface area contributed by atoms with Gasteiger partial charge in [-0.05, 0) is 47.4 Å². The maximum atomic E-state index is 10.2. The SMILES string of the molecule is CCCCCCCCCc1ccccc1C(C)(C)Cc1ccccc1O. The molecular formula is C25H36O. The molecule has 2 aromatic rings. The zero-order valence-corrected chi connectivity index (χ0v) is 16.9. The van der Waals surface area contributed by atoms with Crippen molar-refractivity contribution in [1.29, 1.82) is 0 Å². The van der Waals surface area contributed by atoms with Gasteiger partial charge in [0, 0.05) is 0 Å². The largest absolute Gasteiger partial charge is 0.508 e. The van der Waals surface area contributed by atoms with E-state index in [0.717, 1.165) is 18.4 Å². The smallest absolute Gasteiger partial charge is 0.118 e. The molecule has 0 aliphatic carbocycles. The lowest BCUT2D eigenvalue weighted by Crippen LogP contribution is -2.22. The van der Waals surface area contributed by atoms with Gasteiger partial charge in [0.05, 0.1) is 0 Å². The summed E-state index contributed by atoms with van der Waals surface area (Å²) in [6, 6.07) is 16.6. The summed E-state index contributed by atoms with van der Waals surface area (Å²) < 4.78 is 0. The summed E-state index contributed by atoms with van der Waals surface area (Å²) in [4.78, 5) is 0. The second-order valence-corrected chi connectivity index (χ2v) is 8.22. The summed E-state index contributed by atoms with van der Waals surface area (Å²) >= 11 is 0. The van der Waals surface area contributed by atoms with Crippen molar-refractivity contribution in [3.05, 3.63) is 65.2 Å². The number of rotatable bonds is 11. The average molecular weight is 353 g/mol. The molecule has 26 heavy (non-hydrogen) atoms. The van der Waals surface area contributed by atoms with Crippen molar-refractivity contribution >= 4 is 0 Å². The molecule has 0 aromatic heterocycles. The van der Waals surface area contributed by atoms with Gasteiger partial charge in [-0.3, -0.25) is 0 Å². The van der Waals surface area contributed by atoms with Gasteiger partial charge in [0.2, 0.25) is 0 Å². The molecule has 0 aliphatic heterocycles. The van der Waals surface area contributed by atoms with E-state index in [4.69, 9.17) is 0 Å². The number of para-hydroxylation sites is 1. The summed E-state index contributed by atoms with van der Waals surface area (Å²) in [6.45, 7) is 6.86. The molecule has 0 unspecified atom stereocenters. The predicted molar refractivity (Wildman–Crippen MR) is 113 cm³/mol.